The van der Waals surface area contributed by atoms with E-state index in [0.717, 1.165) is 0 Å². The fourth-order valence-electron chi connectivity index (χ4n) is 2.78. The molecule has 0 atom stereocenters. The van der Waals surface area contributed by atoms with E-state index in [1.165, 1.54) is 19.2 Å². The van der Waals surface area contributed by atoms with Gasteiger partial charge in [0.05, 0.1) is 4.90 Å². The van der Waals surface area contributed by atoms with Crippen molar-refractivity contribution < 1.29 is 18.0 Å². The summed E-state index contributed by atoms with van der Waals surface area (Å²) in [6.07, 6.45) is 2.51. The molecule has 0 saturated heterocycles. The molecule has 0 heterocycles. The summed E-state index contributed by atoms with van der Waals surface area (Å²) in [7, 11) is -2.23. The van der Waals surface area contributed by atoms with Crippen molar-refractivity contribution in [3.05, 3.63) is 34.4 Å². The third-order valence-corrected chi connectivity index (χ3v) is 6.05. The third kappa shape index (κ3) is 2.82. The van der Waals surface area contributed by atoms with Gasteiger partial charge < -0.3 is 5.32 Å². The van der Waals surface area contributed by atoms with E-state index < -0.39 is 16.1 Å². The Morgan fingerprint density at radius 2 is 1.30 bits per heavy atom. The number of carbonyl (C=O) groups excluding carboxylic acids is 2. The molecule has 2 rings (SSSR count). The third-order valence-electron chi connectivity index (χ3n) is 4.36. The van der Waals surface area contributed by atoms with Crippen molar-refractivity contribution in [1.82, 2.24) is 4.72 Å². The maximum Gasteiger partial charge on any atom is 0.240 e. The number of rotatable bonds is 4. The van der Waals surface area contributed by atoms with Crippen LogP contribution < -0.4 is 10.0 Å². The molecule has 6 nitrogen and oxygen atoms in total. The molecule has 1 aliphatic carbocycles. The van der Waals surface area contributed by atoms with Crippen LogP contribution in [0.5, 0.6) is 0 Å². The lowest BCUT2D eigenvalue weighted by molar-refractivity contribution is -0.121. The van der Waals surface area contributed by atoms with Gasteiger partial charge in [-0.05, 0) is 69.1 Å². The van der Waals surface area contributed by atoms with Crippen LogP contribution in [0.4, 0.5) is 5.69 Å². The van der Waals surface area contributed by atoms with E-state index in [9.17, 15) is 18.0 Å². The summed E-state index contributed by atoms with van der Waals surface area (Å²) in [5.74, 6) is -0.591. The normalized spacial score (nSPS) is 15.5. The molecule has 0 bridgehead atoms. The number of nitrogens with one attached hydrogen (secondary N) is 2. The summed E-state index contributed by atoms with van der Waals surface area (Å²) in [5.41, 5.74) is 3.22. The van der Waals surface area contributed by atoms with Crippen molar-refractivity contribution in [3.63, 3.8) is 0 Å². The Bertz CT molecular complexity index is 791. The molecule has 1 aromatic carbocycles. The molecule has 0 amide bonds. The summed E-state index contributed by atoms with van der Waals surface area (Å²) in [6, 6.07) is -0.932. The SMILES string of the molecule is CNS(=O)(=O)c1c(C)c(C)c(NC2C(=O)C=CC2=O)c(C)c1C. The van der Waals surface area contributed by atoms with Gasteiger partial charge in [0, 0.05) is 5.69 Å². The minimum atomic E-state index is -3.59. The summed E-state index contributed by atoms with van der Waals surface area (Å²) in [6.45, 7) is 6.98. The number of hydrogen-bond acceptors (Lipinski definition) is 5. The first kappa shape index (κ1) is 17.4. The Hall–Kier alpha value is -1.99. The van der Waals surface area contributed by atoms with Gasteiger partial charge in [0.2, 0.25) is 10.0 Å². The standard InChI is InChI=1S/C16H20N2O4S/c1-8-10(3)16(23(21,22)17-5)11(4)9(2)14(8)18-15-12(19)6-7-13(15)20/h6-7,15,17-18H,1-5H3. The highest BCUT2D eigenvalue weighted by atomic mass is 32.2. The molecule has 0 aromatic heterocycles. The van der Waals surface area contributed by atoms with Gasteiger partial charge in [0.25, 0.3) is 0 Å². The van der Waals surface area contributed by atoms with Crippen LogP contribution in [-0.2, 0) is 19.6 Å². The minimum Gasteiger partial charge on any atom is -0.368 e. The molecule has 0 fully saturated rings. The first-order valence-electron chi connectivity index (χ1n) is 7.18. The van der Waals surface area contributed by atoms with E-state index in [-0.39, 0.29) is 16.5 Å². The van der Waals surface area contributed by atoms with E-state index >= 15 is 0 Å². The Balaban J connectivity index is 2.61. The predicted molar refractivity (Wildman–Crippen MR) is 88.2 cm³/mol. The average Bonchev–Trinajstić information content (AvgIpc) is 2.80. The van der Waals surface area contributed by atoms with E-state index in [0.29, 0.717) is 27.9 Å². The molecular formula is C16H20N2O4S. The van der Waals surface area contributed by atoms with Gasteiger partial charge in [-0.3, -0.25) is 9.59 Å². The van der Waals surface area contributed by atoms with Crippen molar-refractivity contribution in [3.8, 4) is 0 Å². The second-order valence-corrected chi connectivity index (χ2v) is 7.45. The largest absolute Gasteiger partial charge is 0.368 e. The molecule has 0 unspecified atom stereocenters. The lowest BCUT2D eigenvalue weighted by Crippen LogP contribution is -2.32. The Labute approximate surface area is 136 Å². The number of benzene rings is 1. The lowest BCUT2D eigenvalue weighted by atomic mass is 9.97. The van der Waals surface area contributed by atoms with Crippen molar-refractivity contribution in [2.45, 2.75) is 38.6 Å². The van der Waals surface area contributed by atoms with Gasteiger partial charge >= 0.3 is 0 Å². The molecule has 23 heavy (non-hydrogen) atoms. The van der Waals surface area contributed by atoms with Gasteiger partial charge in [-0.15, -0.1) is 0 Å². The second-order valence-electron chi connectivity index (χ2n) is 5.63. The number of ketones is 2. The van der Waals surface area contributed by atoms with E-state index in [4.69, 9.17) is 0 Å². The zero-order chi connectivity index (χ0) is 17.5. The topological polar surface area (TPSA) is 92.3 Å². The summed E-state index contributed by atoms with van der Waals surface area (Å²) >= 11 is 0. The zero-order valence-electron chi connectivity index (χ0n) is 13.8. The average molecular weight is 336 g/mol. The maximum atomic E-state index is 12.3. The van der Waals surface area contributed by atoms with Crippen LogP contribution in [0.2, 0.25) is 0 Å². The number of hydrogen-bond donors (Lipinski definition) is 2. The molecule has 0 spiro atoms. The van der Waals surface area contributed by atoms with E-state index in [1.807, 2.05) is 0 Å². The predicted octanol–water partition coefficient (Wildman–Crippen LogP) is 1.32. The van der Waals surface area contributed by atoms with Crippen molar-refractivity contribution in [2.24, 2.45) is 0 Å². The van der Waals surface area contributed by atoms with Gasteiger partial charge in [-0.1, -0.05) is 0 Å². The van der Waals surface area contributed by atoms with Crippen LogP contribution in [0, 0.1) is 27.7 Å². The fourth-order valence-corrected chi connectivity index (χ4v) is 4.10. The van der Waals surface area contributed by atoms with Crippen LogP contribution in [0.3, 0.4) is 0 Å². The van der Waals surface area contributed by atoms with Crippen LogP contribution >= 0.6 is 0 Å². The highest BCUT2D eigenvalue weighted by Crippen LogP contribution is 2.34. The van der Waals surface area contributed by atoms with Gasteiger partial charge in [-0.2, -0.15) is 0 Å². The number of sulfonamides is 1. The molecule has 2 N–H and O–H groups in total. The molecule has 0 saturated carbocycles. The first-order valence-corrected chi connectivity index (χ1v) is 8.66. The van der Waals surface area contributed by atoms with Crippen LogP contribution in [-0.4, -0.2) is 33.1 Å². The fraction of sp³-hybridized carbons (Fsp3) is 0.375. The first-order chi connectivity index (χ1) is 10.6. The van der Waals surface area contributed by atoms with E-state index in [1.54, 1.807) is 27.7 Å². The minimum absolute atomic E-state index is 0.239. The Morgan fingerprint density at radius 3 is 1.70 bits per heavy atom. The lowest BCUT2D eigenvalue weighted by Gasteiger charge is -2.22. The highest BCUT2D eigenvalue weighted by molar-refractivity contribution is 7.89. The van der Waals surface area contributed by atoms with Gasteiger partial charge in [-0.25, -0.2) is 13.1 Å². The molecule has 7 heteroatoms. The molecule has 1 aromatic rings. The van der Waals surface area contributed by atoms with Crippen LogP contribution in [0.25, 0.3) is 0 Å². The van der Waals surface area contributed by atoms with Crippen LogP contribution in [0.15, 0.2) is 17.0 Å². The summed E-state index contributed by atoms with van der Waals surface area (Å²) in [4.78, 5) is 23.8. The van der Waals surface area contributed by atoms with Gasteiger partial charge in [0.1, 0.15) is 0 Å². The monoisotopic (exact) mass is 336 g/mol. The smallest absolute Gasteiger partial charge is 0.240 e. The van der Waals surface area contributed by atoms with Crippen molar-refractivity contribution in [2.75, 3.05) is 12.4 Å². The molecule has 0 aliphatic heterocycles. The van der Waals surface area contributed by atoms with Gasteiger partial charge in [0.15, 0.2) is 17.6 Å². The quantitative estimate of drug-likeness (QED) is 0.809. The zero-order valence-corrected chi connectivity index (χ0v) is 14.6. The van der Waals surface area contributed by atoms with Crippen molar-refractivity contribution >= 4 is 27.3 Å². The second kappa shape index (κ2) is 5.90. The number of anilines is 1. The Kier molecular flexibility index (Phi) is 4.45. The molecule has 0 radical (unpaired) electrons. The molecule has 1 aliphatic rings. The molecule has 124 valence electrons. The van der Waals surface area contributed by atoms with E-state index in [2.05, 4.69) is 10.0 Å². The maximum absolute atomic E-state index is 12.3. The van der Waals surface area contributed by atoms with Crippen molar-refractivity contribution in [1.29, 1.82) is 0 Å². The Morgan fingerprint density at radius 1 is 0.870 bits per heavy atom. The van der Waals surface area contributed by atoms with Crippen LogP contribution in [0.1, 0.15) is 22.3 Å². The number of carbonyl (C=O) groups is 2. The molecular weight excluding hydrogens is 316 g/mol. The highest BCUT2D eigenvalue weighted by Gasteiger charge is 2.30. The summed E-state index contributed by atoms with van der Waals surface area (Å²) in [5, 5.41) is 2.98. The summed E-state index contributed by atoms with van der Waals surface area (Å²) < 4.78 is 26.8.